The molecule has 0 radical (unpaired) electrons. The van der Waals surface area contributed by atoms with E-state index < -0.39 is 0 Å². The van der Waals surface area contributed by atoms with Gasteiger partial charge in [-0.05, 0) is 34.7 Å². The van der Waals surface area contributed by atoms with E-state index in [2.05, 4.69) is 10.00 Å². The average molecular weight is 419 g/mol. The van der Waals surface area contributed by atoms with Crippen LogP contribution in [0, 0.1) is 5.82 Å². The van der Waals surface area contributed by atoms with Crippen LogP contribution in [0.25, 0.3) is 0 Å². The summed E-state index contributed by atoms with van der Waals surface area (Å²) >= 11 is 7.35. The molecular weight excluding hydrogens is 399 g/mol. The molecule has 1 amide bonds. The van der Waals surface area contributed by atoms with Crippen LogP contribution in [-0.2, 0) is 13.1 Å². The van der Waals surface area contributed by atoms with Gasteiger partial charge in [0.2, 0.25) is 0 Å². The third kappa shape index (κ3) is 4.60. The molecule has 3 aromatic rings. The summed E-state index contributed by atoms with van der Waals surface area (Å²) in [6.07, 6.45) is 3.36. The Bertz CT molecular complexity index is 965. The van der Waals surface area contributed by atoms with Crippen LogP contribution >= 0.6 is 22.9 Å². The van der Waals surface area contributed by atoms with Gasteiger partial charge in [-0.2, -0.15) is 5.10 Å². The number of carbonyl (C=O) groups excluding carboxylic acids is 1. The van der Waals surface area contributed by atoms with Crippen LogP contribution in [0.4, 0.5) is 4.39 Å². The summed E-state index contributed by atoms with van der Waals surface area (Å²) in [5.41, 5.74) is 2.00. The molecule has 2 aromatic heterocycles. The van der Waals surface area contributed by atoms with Gasteiger partial charge in [0.25, 0.3) is 5.91 Å². The number of thiophene rings is 1. The summed E-state index contributed by atoms with van der Waals surface area (Å²) in [5.74, 6) is -0.141. The number of aromatic nitrogens is 2. The highest BCUT2D eigenvalue weighted by atomic mass is 35.5. The van der Waals surface area contributed by atoms with E-state index in [4.69, 9.17) is 11.6 Å². The summed E-state index contributed by atoms with van der Waals surface area (Å²) in [7, 11) is 0. The Morgan fingerprint density at radius 2 is 1.96 bits per heavy atom. The van der Waals surface area contributed by atoms with E-state index in [0.29, 0.717) is 31.2 Å². The van der Waals surface area contributed by atoms with Gasteiger partial charge < -0.3 is 4.90 Å². The molecule has 1 aliphatic heterocycles. The molecule has 4 rings (SSSR count). The first-order valence-electron chi connectivity index (χ1n) is 9.08. The second-order valence-corrected chi connectivity index (χ2v) is 8.22. The number of amides is 1. The van der Waals surface area contributed by atoms with Gasteiger partial charge in [0.15, 0.2) is 0 Å². The lowest BCUT2D eigenvalue weighted by atomic mass is 10.2. The fourth-order valence-electron chi connectivity index (χ4n) is 3.34. The van der Waals surface area contributed by atoms with Crippen molar-refractivity contribution in [2.45, 2.75) is 13.1 Å². The molecule has 1 aromatic carbocycles. The molecule has 1 saturated heterocycles. The lowest BCUT2D eigenvalue weighted by Crippen LogP contribution is -2.48. The van der Waals surface area contributed by atoms with E-state index in [-0.39, 0.29) is 11.7 Å². The summed E-state index contributed by atoms with van der Waals surface area (Å²) in [6.45, 7) is 4.22. The van der Waals surface area contributed by atoms with Crippen molar-refractivity contribution in [3.8, 4) is 0 Å². The van der Waals surface area contributed by atoms with Gasteiger partial charge in [0.05, 0.1) is 22.6 Å². The van der Waals surface area contributed by atoms with Crippen molar-refractivity contribution < 1.29 is 9.18 Å². The normalized spacial score (nSPS) is 15.1. The first kappa shape index (κ1) is 19.1. The fraction of sp³-hybridized carbons (Fsp3) is 0.300. The predicted octanol–water partition coefficient (Wildman–Crippen LogP) is 3.74. The maximum absolute atomic E-state index is 13.3. The second-order valence-electron chi connectivity index (χ2n) is 6.87. The zero-order chi connectivity index (χ0) is 19.5. The lowest BCUT2D eigenvalue weighted by molar-refractivity contribution is 0.0633. The van der Waals surface area contributed by atoms with Crippen LogP contribution in [-0.4, -0.2) is 51.7 Å². The molecule has 8 heteroatoms. The Labute approximate surface area is 171 Å². The average Bonchev–Trinajstić information content (AvgIpc) is 3.31. The number of nitrogens with zero attached hydrogens (tertiary/aromatic N) is 4. The molecule has 0 aliphatic carbocycles. The smallest absolute Gasteiger partial charge is 0.264 e. The van der Waals surface area contributed by atoms with E-state index in [1.54, 1.807) is 29.2 Å². The summed E-state index contributed by atoms with van der Waals surface area (Å²) in [4.78, 5) is 17.7. The molecule has 0 N–H and O–H groups in total. The molecule has 1 aliphatic rings. The minimum Gasteiger partial charge on any atom is -0.335 e. The van der Waals surface area contributed by atoms with Crippen LogP contribution in [0.5, 0.6) is 0 Å². The standard InChI is InChI=1S/C20H20ClFN4OS/c21-17-10-23-26(13-17)12-16-9-19(28-14-16)20(27)25-6-4-24(5-7-25)11-15-2-1-3-18(22)8-15/h1-3,8-10,13-14H,4-7,11-12H2. The minimum absolute atomic E-state index is 0.0696. The Morgan fingerprint density at radius 1 is 1.14 bits per heavy atom. The van der Waals surface area contributed by atoms with Crippen LogP contribution in [0.1, 0.15) is 20.8 Å². The van der Waals surface area contributed by atoms with E-state index in [0.717, 1.165) is 29.1 Å². The number of halogens is 2. The maximum atomic E-state index is 13.3. The van der Waals surface area contributed by atoms with Crippen molar-refractivity contribution in [2.24, 2.45) is 0 Å². The highest BCUT2D eigenvalue weighted by Crippen LogP contribution is 2.20. The van der Waals surface area contributed by atoms with Crippen LogP contribution in [0.15, 0.2) is 48.1 Å². The number of piperazine rings is 1. The molecule has 28 heavy (non-hydrogen) atoms. The third-order valence-electron chi connectivity index (χ3n) is 4.77. The summed E-state index contributed by atoms with van der Waals surface area (Å²) in [5, 5.41) is 6.76. The molecule has 5 nitrogen and oxygen atoms in total. The highest BCUT2D eigenvalue weighted by molar-refractivity contribution is 7.12. The highest BCUT2D eigenvalue weighted by Gasteiger charge is 2.23. The first-order valence-corrected chi connectivity index (χ1v) is 10.3. The van der Waals surface area contributed by atoms with E-state index >= 15 is 0 Å². The number of rotatable bonds is 5. The zero-order valence-corrected chi connectivity index (χ0v) is 16.8. The lowest BCUT2D eigenvalue weighted by Gasteiger charge is -2.34. The molecule has 0 saturated carbocycles. The molecule has 1 fully saturated rings. The fourth-order valence-corrected chi connectivity index (χ4v) is 4.37. The van der Waals surface area contributed by atoms with Crippen molar-refractivity contribution in [1.82, 2.24) is 19.6 Å². The van der Waals surface area contributed by atoms with Crippen LogP contribution < -0.4 is 0 Å². The number of carbonyl (C=O) groups is 1. The Morgan fingerprint density at radius 3 is 2.68 bits per heavy atom. The van der Waals surface area contributed by atoms with E-state index in [1.165, 1.54) is 17.4 Å². The molecule has 146 valence electrons. The second kappa shape index (κ2) is 8.43. The quantitative estimate of drug-likeness (QED) is 0.633. The van der Waals surface area contributed by atoms with Crippen molar-refractivity contribution in [3.05, 3.63) is 74.9 Å². The van der Waals surface area contributed by atoms with Crippen molar-refractivity contribution in [3.63, 3.8) is 0 Å². The van der Waals surface area contributed by atoms with Crippen molar-refractivity contribution in [1.29, 1.82) is 0 Å². The van der Waals surface area contributed by atoms with Gasteiger partial charge in [-0.15, -0.1) is 11.3 Å². The molecule has 0 spiro atoms. The van der Waals surface area contributed by atoms with Crippen molar-refractivity contribution >= 4 is 28.8 Å². The molecule has 3 heterocycles. The maximum Gasteiger partial charge on any atom is 0.264 e. The Hall–Kier alpha value is -2.22. The topological polar surface area (TPSA) is 41.4 Å². The number of hydrogen-bond acceptors (Lipinski definition) is 4. The van der Waals surface area contributed by atoms with Crippen molar-refractivity contribution in [2.75, 3.05) is 26.2 Å². The largest absolute Gasteiger partial charge is 0.335 e. The molecule has 0 bridgehead atoms. The molecule has 0 unspecified atom stereocenters. The van der Waals surface area contributed by atoms with Gasteiger partial charge >= 0.3 is 0 Å². The van der Waals surface area contributed by atoms with E-state index in [9.17, 15) is 9.18 Å². The zero-order valence-electron chi connectivity index (χ0n) is 15.2. The van der Waals surface area contributed by atoms with Gasteiger partial charge in [-0.1, -0.05) is 23.7 Å². The monoisotopic (exact) mass is 418 g/mol. The molecular formula is C20H20ClFN4OS. The SMILES string of the molecule is O=C(c1cc(Cn2cc(Cl)cn2)cs1)N1CCN(Cc2cccc(F)c2)CC1. The number of hydrogen-bond donors (Lipinski definition) is 0. The summed E-state index contributed by atoms with van der Waals surface area (Å²) < 4.78 is 15.1. The first-order chi connectivity index (χ1) is 13.6. The van der Waals surface area contributed by atoms with Crippen LogP contribution in [0.3, 0.4) is 0 Å². The minimum atomic E-state index is -0.211. The number of benzene rings is 1. The van der Waals surface area contributed by atoms with Gasteiger partial charge in [0, 0.05) is 38.9 Å². The third-order valence-corrected chi connectivity index (χ3v) is 5.93. The van der Waals surface area contributed by atoms with Gasteiger partial charge in [-0.25, -0.2) is 4.39 Å². The van der Waals surface area contributed by atoms with Gasteiger partial charge in [0.1, 0.15) is 5.82 Å². The van der Waals surface area contributed by atoms with E-state index in [1.807, 2.05) is 22.4 Å². The predicted molar refractivity (Wildman–Crippen MR) is 108 cm³/mol. The van der Waals surface area contributed by atoms with Gasteiger partial charge in [-0.3, -0.25) is 14.4 Å². The Balaban J connectivity index is 1.31. The summed E-state index contributed by atoms with van der Waals surface area (Å²) in [6, 6.07) is 8.62. The van der Waals surface area contributed by atoms with Crippen LogP contribution in [0.2, 0.25) is 5.02 Å². The molecule has 0 atom stereocenters. The Kier molecular flexibility index (Phi) is 5.75.